The van der Waals surface area contributed by atoms with Crippen molar-refractivity contribution in [2.45, 2.75) is 6.54 Å². The molecule has 0 amide bonds. The Hall–Kier alpha value is -2.73. The average Bonchev–Trinajstić information content (AvgIpc) is 2.90. The largest absolute Gasteiger partial charge is 0.351 e. The van der Waals surface area contributed by atoms with Gasteiger partial charge in [0, 0.05) is 18.7 Å². The van der Waals surface area contributed by atoms with Crippen molar-refractivity contribution in [3.8, 4) is 17.1 Å². The van der Waals surface area contributed by atoms with Crippen LogP contribution in [0.15, 0.2) is 59.4 Å². The highest BCUT2D eigenvalue weighted by Gasteiger charge is 2.16. The summed E-state index contributed by atoms with van der Waals surface area (Å²) in [6, 6.07) is 15.4. The van der Waals surface area contributed by atoms with Crippen LogP contribution < -0.4 is 5.69 Å². The second kappa shape index (κ2) is 6.80. The van der Waals surface area contributed by atoms with Crippen molar-refractivity contribution in [3.05, 3.63) is 70.9 Å². The first kappa shape index (κ1) is 16.1. The molecule has 2 aromatic carbocycles. The Kier molecular flexibility index (Phi) is 4.57. The quantitative estimate of drug-likeness (QED) is 0.723. The summed E-state index contributed by atoms with van der Waals surface area (Å²) < 4.78 is 16.4. The fourth-order valence-corrected chi connectivity index (χ4v) is 2.47. The number of benzene rings is 2. The third-order valence-corrected chi connectivity index (χ3v) is 3.72. The lowest BCUT2D eigenvalue weighted by Crippen LogP contribution is -2.28. The van der Waals surface area contributed by atoms with Gasteiger partial charge in [-0.15, -0.1) is 5.10 Å². The number of rotatable bonds is 5. The third-order valence-electron chi connectivity index (χ3n) is 3.72. The maximum absolute atomic E-state index is 13.5. The zero-order valence-electron chi connectivity index (χ0n) is 13.7. The summed E-state index contributed by atoms with van der Waals surface area (Å²) >= 11 is 0. The highest BCUT2D eigenvalue weighted by Crippen LogP contribution is 2.17. The van der Waals surface area contributed by atoms with Crippen molar-refractivity contribution in [2.75, 3.05) is 20.6 Å². The molecule has 5 nitrogen and oxygen atoms in total. The first-order valence-corrected chi connectivity index (χ1v) is 7.72. The lowest BCUT2D eigenvalue weighted by atomic mass is 10.2. The van der Waals surface area contributed by atoms with Gasteiger partial charge in [-0.05, 0) is 32.3 Å². The topological polar surface area (TPSA) is 43.1 Å². The predicted octanol–water partition coefficient (Wildman–Crippen LogP) is 2.40. The minimum Gasteiger partial charge on any atom is -0.308 e. The minimum atomic E-state index is -0.400. The Morgan fingerprint density at radius 3 is 2.50 bits per heavy atom. The summed E-state index contributed by atoms with van der Waals surface area (Å²) in [5, 5.41) is 4.45. The van der Waals surface area contributed by atoms with E-state index >= 15 is 0 Å². The van der Waals surface area contributed by atoms with E-state index in [0.717, 1.165) is 5.56 Å². The SMILES string of the molecule is CN(C)CCn1c(-c2ccccc2)nn(-c2cccc(F)c2)c1=O. The van der Waals surface area contributed by atoms with Gasteiger partial charge in [0.25, 0.3) is 0 Å². The van der Waals surface area contributed by atoms with Gasteiger partial charge < -0.3 is 4.90 Å². The van der Waals surface area contributed by atoms with E-state index in [-0.39, 0.29) is 5.69 Å². The van der Waals surface area contributed by atoms with Crippen molar-refractivity contribution in [2.24, 2.45) is 0 Å². The van der Waals surface area contributed by atoms with Crippen LogP contribution >= 0.6 is 0 Å². The maximum Gasteiger partial charge on any atom is 0.351 e. The zero-order valence-corrected chi connectivity index (χ0v) is 13.7. The van der Waals surface area contributed by atoms with Crippen molar-refractivity contribution in [1.29, 1.82) is 0 Å². The summed E-state index contributed by atoms with van der Waals surface area (Å²) in [6.45, 7) is 1.21. The molecule has 6 heteroatoms. The monoisotopic (exact) mass is 326 g/mol. The van der Waals surface area contributed by atoms with Crippen LogP contribution in [0.2, 0.25) is 0 Å². The van der Waals surface area contributed by atoms with E-state index in [9.17, 15) is 9.18 Å². The van der Waals surface area contributed by atoms with Gasteiger partial charge in [-0.2, -0.15) is 4.68 Å². The van der Waals surface area contributed by atoms with Crippen LogP contribution in [0.4, 0.5) is 4.39 Å². The molecule has 0 fully saturated rings. The van der Waals surface area contributed by atoms with Gasteiger partial charge in [0.05, 0.1) is 5.69 Å². The van der Waals surface area contributed by atoms with E-state index in [1.807, 2.05) is 49.3 Å². The molecular weight excluding hydrogens is 307 g/mol. The van der Waals surface area contributed by atoms with Crippen LogP contribution in [0, 0.1) is 5.82 Å². The second-order valence-corrected chi connectivity index (χ2v) is 5.82. The van der Waals surface area contributed by atoms with Gasteiger partial charge in [0.15, 0.2) is 5.82 Å². The second-order valence-electron chi connectivity index (χ2n) is 5.82. The normalized spacial score (nSPS) is 11.2. The summed E-state index contributed by atoms with van der Waals surface area (Å²) in [5.41, 5.74) is 0.991. The molecule has 3 rings (SSSR count). The standard InChI is InChI=1S/C18H19FN4O/c1-21(2)11-12-22-17(14-7-4-3-5-8-14)20-23(18(22)24)16-10-6-9-15(19)13-16/h3-10,13H,11-12H2,1-2H3. The van der Waals surface area contributed by atoms with Crippen LogP contribution in [0.3, 0.4) is 0 Å². The highest BCUT2D eigenvalue weighted by molar-refractivity contribution is 5.55. The zero-order chi connectivity index (χ0) is 17.1. The fraction of sp³-hybridized carbons (Fsp3) is 0.222. The lowest BCUT2D eigenvalue weighted by Gasteiger charge is -2.10. The average molecular weight is 326 g/mol. The Bertz CT molecular complexity index is 884. The van der Waals surface area contributed by atoms with E-state index < -0.39 is 5.82 Å². The molecular formula is C18H19FN4O. The van der Waals surface area contributed by atoms with Crippen molar-refractivity contribution in [3.63, 3.8) is 0 Å². The number of hydrogen-bond acceptors (Lipinski definition) is 3. The van der Waals surface area contributed by atoms with Gasteiger partial charge in [-0.1, -0.05) is 36.4 Å². The first-order valence-electron chi connectivity index (χ1n) is 7.72. The van der Waals surface area contributed by atoms with E-state index in [1.54, 1.807) is 16.7 Å². The van der Waals surface area contributed by atoms with E-state index in [2.05, 4.69) is 5.10 Å². The fourth-order valence-electron chi connectivity index (χ4n) is 2.47. The molecule has 0 spiro atoms. The Labute approximate surface area is 139 Å². The molecule has 0 saturated heterocycles. The summed E-state index contributed by atoms with van der Waals surface area (Å²) in [4.78, 5) is 14.8. The predicted molar refractivity (Wildman–Crippen MR) is 91.8 cm³/mol. The number of likely N-dealkylation sites (N-methyl/N-ethyl adjacent to an activating group) is 1. The number of halogens is 1. The molecule has 0 aliphatic carbocycles. The van der Waals surface area contributed by atoms with Gasteiger partial charge in [-0.25, -0.2) is 9.18 Å². The molecule has 0 radical (unpaired) electrons. The maximum atomic E-state index is 13.5. The molecule has 24 heavy (non-hydrogen) atoms. The molecule has 3 aromatic rings. The molecule has 0 N–H and O–H groups in total. The van der Waals surface area contributed by atoms with Crippen LogP contribution in [-0.4, -0.2) is 39.9 Å². The molecule has 0 unspecified atom stereocenters. The van der Waals surface area contributed by atoms with Gasteiger partial charge >= 0.3 is 5.69 Å². The Balaban J connectivity index is 2.13. The Morgan fingerprint density at radius 2 is 1.83 bits per heavy atom. The molecule has 0 aliphatic heterocycles. The van der Waals surface area contributed by atoms with Gasteiger partial charge in [-0.3, -0.25) is 4.57 Å². The van der Waals surface area contributed by atoms with Crippen molar-refractivity contribution < 1.29 is 4.39 Å². The molecule has 1 aromatic heterocycles. The van der Waals surface area contributed by atoms with Gasteiger partial charge in [0.2, 0.25) is 0 Å². The lowest BCUT2D eigenvalue weighted by molar-refractivity contribution is 0.381. The number of aromatic nitrogens is 3. The third kappa shape index (κ3) is 3.28. The van der Waals surface area contributed by atoms with Crippen LogP contribution in [0.1, 0.15) is 0 Å². The summed E-state index contributed by atoms with van der Waals surface area (Å²) in [5.74, 6) is 0.176. The van der Waals surface area contributed by atoms with Crippen LogP contribution in [0.25, 0.3) is 17.1 Å². The molecule has 0 saturated carbocycles. The Morgan fingerprint density at radius 1 is 1.08 bits per heavy atom. The number of hydrogen-bond donors (Lipinski definition) is 0. The minimum absolute atomic E-state index is 0.277. The molecule has 124 valence electrons. The first-order chi connectivity index (χ1) is 11.6. The van der Waals surface area contributed by atoms with Crippen LogP contribution in [0.5, 0.6) is 0 Å². The smallest absolute Gasteiger partial charge is 0.308 e. The van der Waals surface area contributed by atoms with E-state index in [1.165, 1.54) is 16.8 Å². The molecule has 0 aliphatic rings. The number of nitrogens with zero attached hydrogens (tertiary/aromatic N) is 4. The van der Waals surface area contributed by atoms with Crippen LogP contribution in [-0.2, 0) is 6.54 Å². The molecule has 0 bridgehead atoms. The summed E-state index contributed by atoms with van der Waals surface area (Å²) in [6.07, 6.45) is 0. The highest BCUT2D eigenvalue weighted by atomic mass is 19.1. The van der Waals surface area contributed by atoms with Crippen molar-refractivity contribution >= 4 is 0 Å². The van der Waals surface area contributed by atoms with Crippen molar-refractivity contribution in [1.82, 2.24) is 19.2 Å². The van der Waals surface area contributed by atoms with E-state index in [0.29, 0.717) is 24.6 Å². The molecule has 1 heterocycles. The van der Waals surface area contributed by atoms with E-state index in [4.69, 9.17) is 0 Å². The molecule has 0 atom stereocenters. The van der Waals surface area contributed by atoms with Gasteiger partial charge in [0.1, 0.15) is 5.82 Å². The summed E-state index contributed by atoms with van der Waals surface area (Å²) in [7, 11) is 3.90.